The van der Waals surface area contributed by atoms with Gasteiger partial charge < -0.3 is 10.1 Å². The third-order valence-electron chi connectivity index (χ3n) is 3.36. The fourth-order valence-electron chi connectivity index (χ4n) is 2.48. The van der Waals surface area contributed by atoms with E-state index >= 15 is 0 Å². The van der Waals surface area contributed by atoms with Gasteiger partial charge in [-0.05, 0) is 6.42 Å². The Bertz CT molecular complexity index is 223. The first-order valence-electron chi connectivity index (χ1n) is 5.53. The van der Waals surface area contributed by atoms with Crippen molar-refractivity contribution in [1.82, 2.24) is 5.32 Å². The molecule has 3 heteroatoms. The number of hydrogen-bond acceptors (Lipinski definition) is 3. The van der Waals surface area contributed by atoms with E-state index in [1.807, 2.05) is 13.8 Å². The van der Waals surface area contributed by atoms with Crippen LogP contribution >= 0.6 is 0 Å². The lowest BCUT2D eigenvalue weighted by molar-refractivity contribution is -0.128. The van der Waals surface area contributed by atoms with Crippen LogP contribution in [0.2, 0.25) is 0 Å². The van der Waals surface area contributed by atoms with E-state index in [-0.39, 0.29) is 11.8 Å². The Morgan fingerprint density at radius 3 is 2.93 bits per heavy atom. The molecule has 0 amide bonds. The Morgan fingerprint density at radius 1 is 1.43 bits per heavy atom. The number of carbonyl (C=O) groups is 1. The van der Waals surface area contributed by atoms with Crippen molar-refractivity contribution in [1.29, 1.82) is 0 Å². The third-order valence-corrected chi connectivity index (χ3v) is 3.36. The highest BCUT2D eigenvalue weighted by Gasteiger charge is 2.38. The van der Waals surface area contributed by atoms with Gasteiger partial charge in [-0.15, -0.1) is 0 Å². The van der Waals surface area contributed by atoms with Crippen molar-refractivity contribution < 1.29 is 9.53 Å². The molecule has 0 aliphatic carbocycles. The van der Waals surface area contributed by atoms with Crippen LogP contribution in [0.5, 0.6) is 0 Å². The molecule has 0 aromatic heterocycles. The zero-order valence-electron chi connectivity index (χ0n) is 8.95. The fraction of sp³-hybridized carbons (Fsp3) is 0.909. The maximum absolute atomic E-state index is 12.0. The van der Waals surface area contributed by atoms with Crippen LogP contribution in [0.1, 0.15) is 20.3 Å². The van der Waals surface area contributed by atoms with Gasteiger partial charge in [0.2, 0.25) is 0 Å². The number of ketones is 1. The van der Waals surface area contributed by atoms with Crippen molar-refractivity contribution in [2.24, 2.45) is 17.8 Å². The van der Waals surface area contributed by atoms with Gasteiger partial charge in [0, 0.05) is 30.3 Å². The Hall–Kier alpha value is -0.410. The molecule has 0 spiro atoms. The first-order valence-corrected chi connectivity index (χ1v) is 5.53. The van der Waals surface area contributed by atoms with Crippen molar-refractivity contribution in [3.63, 3.8) is 0 Å². The van der Waals surface area contributed by atoms with Gasteiger partial charge in [-0.25, -0.2) is 0 Å². The lowest BCUT2D eigenvalue weighted by Gasteiger charge is -2.32. The minimum absolute atomic E-state index is 0.166. The molecule has 3 rings (SSSR count). The number of ether oxygens (including phenoxy) is 1. The van der Waals surface area contributed by atoms with E-state index in [1.165, 1.54) is 0 Å². The molecule has 0 saturated carbocycles. The summed E-state index contributed by atoms with van der Waals surface area (Å²) < 4.78 is 5.53. The van der Waals surface area contributed by atoms with E-state index in [9.17, 15) is 4.79 Å². The molecule has 3 aliphatic rings. The Labute approximate surface area is 85.2 Å². The molecule has 0 aromatic carbocycles. The molecule has 2 bridgehead atoms. The summed E-state index contributed by atoms with van der Waals surface area (Å²) >= 11 is 0. The van der Waals surface area contributed by atoms with Crippen LogP contribution in [-0.4, -0.2) is 31.6 Å². The van der Waals surface area contributed by atoms with Crippen LogP contribution in [0.3, 0.4) is 0 Å². The summed E-state index contributed by atoms with van der Waals surface area (Å²) in [4.78, 5) is 12.0. The average molecular weight is 197 g/mol. The molecule has 0 radical (unpaired) electrons. The molecular weight excluding hydrogens is 178 g/mol. The predicted molar refractivity (Wildman–Crippen MR) is 54.1 cm³/mol. The summed E-state index contributed by atoms with van der Waals surface area (Å²) in [7, 11) is 0. The summed E-state index contributed by atoms with van der Waals surface area (Å²) in [6.45, 7) is 6.48. The average Bonchev–Trinajstić information content (AvgIpc) is 2.50. The highest BCUT2D eigenvalue weighted by molar-refractivity contribution is 5.83. The van der Waals surface area contributed by atoms with Gasteiger partial charge in [0.15, 0.2) is 0 Å². The molecule has 3 atom stereocenters. The number of piperidine rings is 1. The first kappa shape index (κ1) is 10.1. The predicted octanol–water partition coefficient (Wildman–Crippen LogP) is 0.836. The molecule has 14 heavy (non-hydrogen) atoms. The van der Waals surface area contributed by atoms with Gasteiger partial charge in [-0.1, -0.05) is 13.8 Å². The zero-order valence-corrected chi connectivity index (χ0v) is 8.95. The summed E-state index contributed by atoms with van der Waals surface area (Å²) in [6.07, 6.45) is 0.974. The van der Waals surface area contributed by atoms with Crippen molar-refractivity contribution >= 4 is 5.78 Å². The van der Waals surface area contributed by atoms with Gasteiger partial charge in [0.1, 0.15) is 5.78 Å². The van der Waals surface area contributed by atoms with E-state index in [0.29, 0.717) is 17.7 Å². The van der Waals surface area contributed by atoms with Crippen LogP contribution in [0.25, 0.3) is 0 Å². The maximum atomic E-state index is 12.0. The second-order valence-electron chi connectivity index (χ2n) is 4.80. The highest BCUT2D eigenvalue weighted by atomic mass is 16.5. The lowest BCUT2D eigenvalue weighted by atomic mass is 9.78. The first-order chi connectivity index (χ1) is 6.68. The van der Waals surface area contributed by atoms with Gasteiger partial charge in [-0.2, -0.15) is 0 Å². The minimum Gasteiger partial charge on any atom is -0.379 e. The second-order valence-corrected chi connectivity index (χ2v) is 4.80. The molecule has 3 unspecified atom stereocenters. The molecule has 3 heterocycles. The number of nitrogens with one attached hydrogen (secondary N) is 1. The highest BCUT2D eigenvalue weighted by Crippen LogP contribution is 2.29. The molecule has 1 N–H and O–H groups in total. The number of fused-ring (bicyclic) bond motifs is 4. The van der Waals surface area contributed by atoms with Crippen LogP contribution in [0, 0.1) is 17.8 Å². The molecule has 80 valence electrons. The van der Waals surface area contributed by atoms with Crippen LogP contribution in [0.15, 0.2) is 0 Å². The van der Waals surface area contributed by atoms with Crippen molar-refractivity contribution in [2.45, 2.75) is 26.3 Å². The number of Topliss-reactive ketones (excluding diaryl/α,β-unsaturated/α-hetero) is 1. The number of rotatable bonds is 2. The van der Waals surface area contributed by atoms with Gasteiger partial charge in [0.25, 0.3) is 0 Å². The van der Waals surface area contributed by atoms with E-state index in [0.717, 1.165) is 26.2 Å². The van der Waals surface area contributed by atoms with Gasteiger partial charge in [-0.3, -0.25) is 4.79 Å². The van der Waals surface area contributed by atoms with Crippen LogP contribution in [0.4, 0.5) is 0 Å². The van der Waals surface area contributed by atoms with Gasteiger partial charge >= 0.3 is 0 Å². The van der Waals surface area contributed by atoms with Crippen molar-refractivity contribution in [3.05, 3.63) is 0 Å². The Morgan fingerprint density at radius 2 is 2.21 bits per heavy atom. The quantitative estimate of drug-likeness (QED) is 0.713. The van der Waals surface area contributed by atoms with Gasteiger partial charge in [0.05, 0.1) is 13.2 Å². The molecule has 3 aliphatic heterocycles. The molecule has 0 aromatic rings. The SMILES string of the molecule is CC(C)C(=O)C1CC2COCC1CN2. The molecule has 3 saturated heterocycles. The number of carbonyl (C=O) groups excluding carboxylic acids is 1. The smallest absolute Gasteiger partial charge is 0.138 e. The van der Waals surface area contributed by atoms with E-state index in [4.69, 9.17) is 4.74 Å². The monoisotopic (exact) mass is 197 g/mol. The summed E-state index contributed by atoms with van der Waals surface area (Å²) in [6, 6.07) is 0.404. The summed E-state index contributed by atoms with van der Waals surface area (Å²) in [5.74, 6) is 1.23. The van der Waals surface area contributed by atoms with E-state index in [2.05, 4.69) is 5.32 Å². The van der Waals surface area contributed by atoms with Crippen LogP contribution < -0.4 is 5.32 Å². The zero-order chi connectivity index (χ0) is 10.1. The topological polar surface area (TPSA) is 38.3 Å². The summed E-state index contributed by atoms with van der Waals surface area (Å²) in [5.41, 5.74) is 0. The van der Waals surface area contributed by atoms with Crippen molar-refractivity contribution in [2.75, 3.05) is 19.8 Å². The minimum atomic E-state index is 0.166. The number of hydrogen-bond donors (Lipinski definition) is 1. The standard InChI is InChI=1S/C11H19NO2/c1-7(2)11(13)10-3-9-6-14-5-8(10)4-12-9/h7-10,12H,3-6H2,1-2H3. The van der Waals surface area contributed by atoms with Crippen molar-refractivity contribution in [3.8, 4) is 0 Å². The lowest BCUT2D eigenvalue weighted by Crippen LogP contribution is -2.46. The normalized spacial score (nSPS) is 37.2. The van der Waals surface area contributed by atoms with Crippen LogP contribution in [-0.2, 0) is 9.53 Å². The fourth-order valence-corrected chi connectivity index (χ4v) is 2.48. The van der Waals surface area contributed by atoms with E-state index < -0.39 is 0 Å². The summed E-state index contributed by atoms with van der Waals surface area (Å²) in [5, 5.41) is 3.43. The maximum Gasteiger partial charge on any atom is 0.138 e. The van der Waals surface area contributed by atoms with E-state index in [1.54, 1.807) is 0 Å². The Balaban J connectivity index is 2.08. The molecule has 3 nitrogen and oxygen atoms in total. The Kier molecular flexibility index (Phi) is 2.88. The largest absolute Gasteiger partial charge is 0.379 e. The second kappa shape index (κ2) is 3.99. The third kappa shape index (κ3) is 1.84. The molecular formula is C11H19NO2. The molecule has 3 fully saturated rings.